The van der Waals surface area contributed by atoms with Gasteiger partial charge in [-0.05, 0) is 55.4 Å². The van der Waals surface area contributed by atoms with Crippen LogP contribution in [0.1, 0.15) is 27.9 Å². The predicted octanol–water partition coefficient (Wildman–Crippen LogP) is 2.56. The fraction of sp³-hybridized carbons (Fsp3) is 0.280. The van der Waals surface area contributed by atoms with Gasteiger partial charge in [-0.15, -0.1) is 0 Å². The van der Waals surface area contributed by atoms with E-state index in [1.165, 1.54) is 5.69 Å². The standard InChI is InChI=1S/C25H28N4O3/c1-28-11-13-29(14-12-28)20-8-6-19(7-9-20)26-17-23-22-16-18(4-2-3-15-30)5-10-21(22)24(31)27-25(23)32/h2,4-10,16-17,26,30H,3,11-15H2,1H3,(H,27,31,32)/b4-2+,23-17-. The molecular weight excluding hydrogens is 404 g/mol. The summed E-state index contributed by atoms with van der Waals surface area (Å²) in [4.78, 5) is 29.5. The van der Waals surface area contributed by atoms with Crippen LogP contribution in [0.25, 0.3) is 11.6 Å². The number of hydrogen-bond donors (Lipinski definition) is 3. The predicted molar refractivity (Wildman–Crippen MR) is 127 cm³/mol. The molecule has 0 aliphatic carbocycles. The van der Waals surface area contributed by atoms with Crippen LogP contribution in [0.4, 0.5) is 11.4 Å². The molecule has 4 rings (SSSR count). The zero-order valence-electron chi connectivity index (χ0n) is 18.2. The van der Waals surface area contributed by atoms with Gasteiger partial charge in [0.05, 0.1) is 5.57 Å². The number of carbonyl (C=O) groups excluding carboxylic acids is 2. The number of aliphatic hydroxyl groups is 1. The largest absolute Gasteiger partial charge is 0.396 e. The van der Waals surface area contributed by atoms with Gasteiger partial charge in [-0.1, -0.05) is 18.2 Å². The van der Waals surface area contributed by atoms with Gasteiger partial charge in [-0.25, -0.2) is 0 Å². The van der Waals surface area contributed by atoms with E-state index in [2.05, 4.69) is 39.6 Å². The summed E-state index contributed by atoms with van der Waals surface area (Å²) in [5.74, 6) is -0.829. The Kier molecular flexibility index (Phi) is 6.68. The molecule has 0 atom stereocenters. The third kappa shape index (κ3) is 4.90. The summed E-state index contributed by atoms with van der Waals surface area (Å²) >= 11 is 0. The molecule has 0 saturated carbocycles. The summed E-state index contributed by atoms with van der Waals surface area (Å²) in [5.41, 5.74) is 4.36. The second-order valence-corrected chi connectivity index (χ2v) is 8.04. The second-order valence-electron chi connectivity index (χ2n) is 8.04. The average Bonchev–Trinajstić information content (AvgIpc) is 2.80. The number of benzene rings is 2. The number of fused-ring (bicyclic) bond motifs is 1. The zero-order chi connectivity index (χ0) is 22.5. The Bertz CT molecular complexity index is 1050. The molecule has 2 aliphatic heterocycles. The highest BCUT2D eigenvalue weighted by molar-refractivity contribution is 6.31. The number of carbonyl (C=O) groups is 2. The van der Waals surface area contributed by atoms with Crippen molar-refractivity contribution in [3.05, 3.63) is 71.4 Å². The molecule has 2 amide bonds. The third-order valence-electron chi connectivity index (χ3n) is 5.78. The highest BCUT2D eigenvalue weighted by Gasteiger charge is 2.27. The van der Waals surface area contributed by atoms with Crippen molar-refractivity contribution in [1.29, 1.82) is 0 Å². The molecule has 7 heteroatoms. The van der Waals surface area contributed by atoms with Crippen LogP contribution in [0.2, 0.25) is 0 Å². The minimum absolute atomic E-state index is 0.0744. The van der Waals surface area contributed by atoms with Gasteiger partial charge in [0.15, 0.2) is 0 Å². The summed E-state index contributed by atoms with van der Waals surface area (Å²) < 4.78 is 0. The second kappa shape index (κ2) is 9.80. The quantitative estimate of drug-likeness (QED) is 0.481. The Labute approximate surface area is 188 Å². The summed E-state index contributed by atoms with van der Waals surface area (Å²) in [6.45, 7) is 4.19. The van der Waals surface area contributed by atoms with Crippen LogP contribution < -0.4 is 15.5 Å². The number of aliphatic hydroxyl groups excluding tert-OH is 1. The molecule has 0 unspecified atom stereocenters. The maximum absolute atomic E-state index is 12.5. The average molecular weight is 433 g/mol. The van der Waals surface area contributed by atoms with Crippen LogP contribution in [-0.4, -0.2) is 61.7 Å². The lowest BCUT2D eigenvalue weighted by Gasteiger charge is -2.34. The van der Waals surface area contributed by atoms with E-state index in [9.17, 15) is 9.59 Å². The Balaban J connectivity index is 1.53. The molecule has 2 aromatic carbocycles. The van der Waals surface area contributed by atoms with Gasteiger partial charge in [0.1, 0.15) is 0 Å². The van der Waals surface area contributed by atoms with Gasteiger partial charge in [-0.2, -0.15) is 0 Å². The van der Waals surface area contributed by atoms with Gasteiger partial charge in [-0.3, -0.25) is 14.9 Å². The monoisotopic (exact) mass is 432 g/mol. The molecule has 32 heavy (non-hydrogen) atoms. The molecule has 0 spiro atoms. The smallest absolute Gasteiger partial charge is 0.260 e. The highest BCUT2D eigenvalue weighted by Crippen LogP contribution is 2.27. The maximum atomic E-state index is 12.5. The topological polar surface area (TPSA) is 84.9 Å². The van der Waals surface area contributed by atoms with Gasteiger partial charge >= 0.3 is 0 Å². The maximum Gasteiger partial charge on any atom is 0.260 e. The lowest BCUT2D eigenvalue weighted by molar-refractivity contribution is -0.114. The first kappa shape index (κ1) is 21.8. The number of rotatable bonds is 6. The van der Waals surface area contributed by atoms with E-state index in [1.807, 2.05) is 36.4 Å². The van der Waals surface area contributed by atoms with E-state index in [0.29, 0.717) is 23.1 Å². The van der Waals surface area contributed by atoms with Crippen LogP contribution in [0, 0.1) is 0 Å². The van der Waals surface area contributed by atoms with E-state index in [4.69, 9.17) is 5.11 Å². The van der Waals surface area contributed by atoms with Crippen LogP contribution >= 0.6 is 0 Å². The molecule has 166 valence electrons. The van der Waals surface area contributed by atoms with Crippen LogP contribution in [0.15, 0.2) is 54.7 Å². The molecule has 1 saturated heterocycles. The van der Waals surface area contributed by atoms with E-state index >= 15 is 0 Å². The van der Waals surface area contributed by atoms with Crippen molar-refractivity contribution in [3.63, 3.8) is 0 Å². The molecule has 2 aliphatic rings. The zero-order valence-corrected chi connectivity index (χ0v) is 18.2. The van der Waals surface area contributed by atoms with Crippen molar-refractivity contribution < 1.29 is 14.7 Å². The summed E-state index contributed by atoms with van der Waals surface area (Å²) in [7, 11) is 2.14. The lowest BCUT2D eigenvalue weighted by atomic mass is 9.93. The minimum atomic E-state index is -0.430. The van der Waals surface area contributed by atoms with Crippen molar-refractivity contribution in [1.82, 2.24) is 10.2 Å². The van der Waals surface area contributed by atoms with E-state index in [-0.39, 0.29) is 6.61 Å². The fourth-order valence-electron chi connectivity index (χ4n) is 3.87. The van der Waals surface area contributed by atoms with Crippen LogP contribution in [0.3, 0.4) is 0 Å². The molecule has 0 radical (unpaired) electrons. The van der Waals surface area contributed by atoms with E-state index in [0.717, 1.165) is 37.4 Å². The van der Waals surface area contributed by atoms with Gasteiger partial charge in [0.2, 0.25) is 0 Å². The number of nitrogens with one attached hydrogen (secondary N) is 2. The molecule has 0 bridgehead atoms. The molecule has 2 aromatic rings. The van der Waals surface area contributed by atoms with Crippen molar-refractivity contribution in [3.8, 4) is 0 Å². The Hall–Kier alpha value is -3.42. The fourth-order valence-corrected chi connectivity index (χ4v) is 3.87. The normalized spacial score (nSPS) is 18.2. The van der Waals surface area contributed by atoms with Crippen molar-refractivity contribution in [2.45, 2.75) is 6.42 Å². The summed E-state index contributed by atoms with van der Waals surface area (Å²) in [5, 5.41) is 14.6. The number of nitrogens with zero attached hydrogens (tertiary/aromatic N) is 2. The number of anilines is 2. The summed E-state index contributed by atoms with van der Waals surface area (Å²) in [6.07, 6.45) is 5.92. The highest BCUT2D eigenvalue weighted by atomic mass is 16.2. The van der Waals surface area contributed by atoms with Crippen molar-refractivity contribution in [2.24, 2.45) is 0 Å². The number of likely N-dealkylation sites (N-methyl/N-ethyl adjacent to an activating group) is 1. The van der Waals surface area contributed by atoms with Crippen LogP contribution in [0.5, 0.6) is 0 Å². The first-order valence-electron chi connectivity index (χ1n) is 10.8. The van der Waals surface area contributed by atoms with Gasteiger partial charge in [0.25, 0.3) is 11.8 Å². The number of piperazine rings is 1. The lowest BCUT2D eigenvalue weighted by Crippen LogP contribution is -2.44. The van der Waals surface area contributed by atoms with Gasteiger partial charge < -0.3 is 20.2 Å². The van der Waals surface area contributed by atoms with Gasteiger partial charge in [0, 0.05) is 61.5 Å². The Morgan fingerprint density at radius 1 is 1.00 bits per heavy atom. The number of amides is 2. The van der Waals surface area contributed by atoms with E-state index < -0.39 is 11.8 Å². The molecule has 0 aromatic heterocycles. The number of hydrogen-bond acceptors (Lipinski definition) is 6. The molecular formula is C25H28N4O3. The van der Waals surface area contributed by atoms with Crippen molar-refractivity contribution in [2.75, 3.05) is 50.1 Å². The Morgan fingerprint density at radius 2 is 1.75 bits per heavy atom. The molecule has 2 heterocycles. The number of imide groups is 1. The van der Waals surface area contributed by atoms with E-state index in [1.54, 1.807) is 12.3 Å². The molecule has 7 nitrogen and oxygen atoms in total. The first-order valence-corrected chi connectivity index (χ1v) is 10.8. The first-order chi connectivity index (χ1) is 15.5. The van der Waals surface area contributed by atoms with Crippen molar-refractivity contribution >= 4 is 34.8 Å². The molecule has 3 N–H and O–H groups in total. The third-order valence-corrected chi connectivity index (χ3v) is 5.78. The molecule has 1 fully saturated rings. The van der Waals surface area contributed by atoms with Crippen LogP contribution in [-0.2, 0) is 4.79 Å². The summed E-state index contributed by atoms with van der Waals surface area (Å²) in [6, 6.07) is 13.5. The minimum Gasteiger partial charge on any atom is -0.396 e. The SMILES string of the molecule is CN1CCN(c2ccc(N/C=C3\C(=O)NC(=O)c4ccc(/C=C/CCO)cc43)cc2)CC1. The Morgan fingerprint density at radius 3 is 2.47 bits per heavy atom.